The van der Waals surface area contributed by atoms with Crippen LogP contribution in [0.5, 0.6) is 0 Å². The number of nitrogens with zero attached hydrogens (tertiary/aromatic N) is 2. The van der Waals surface area contributed by atoms with Crippen molar-refractivity contribution in [3.8, 4) is 0 Å². The van der Waals surface area contributed by atoms with Gasteiger partial charge >= 0.3 is 0 Å². The number of carbonyl (C=O) groups excluding carboxylic acids is 2. The lowest BCUT2D eigenvalue weighted by atomic mass is 10.0. The summed E-state index contributed by atoms with van der Waals surface area (Å²) in [7, 11) is -3.78. The standard InChI is InChI=1S/C26H36BrN3O4S/c1-18(2)22-10-8-9-11-23(22)30(35(7,33)34)17-24(31)29(16-20-12-14-21(27)15-13-20)19(3)25(32)28-26(4,5)6/h8-15,18-19H,16-17H2,1-7H3,(H,28,32)/t19-/m0/s1. The molecule has 2 amide bonds. The van der Waals surface area contributed by atoms with E-state index in [4.69, 9.17) is 0 Å². The summed E-state index contributed by atoms with van der Waals surface area (Å²) in [6.07, 6.45) is 1.09. The molecule has 0 radical (unpaired) electrons. The van der Waals surface area contributed by atoms with E-state index in [9.17, 15) is 18.0 Å². The molecule has 1 atom stereocenters. The number of rotatable bonds is 9. The molecule has 0 aromatic heterocycles. The molecule has 0 saturated carbocycles. The molecule has 0 aliphatic rings. The zero-order chi connectivity index (χ0) is 26.6. The molecule has 0 aliphatic carbocycles. The van der Waals surface area contributed by atoms with Crippen LogP contribution in [0.25, 0.3) is 0 Å². The van der Waals surface area contributed by atoms with E-state index in [1.807, 2.05) is 71.0 Å². The summed E-state index contributed by atoms with van der Waals surface area (Å²) >= 11 is 3.41. The summed E-state index contributed by atoms with van der Waals surface area (Å²) in [4.78, 5) is 28.1. The summed E-state index contributed by atoms with van der Waals surface area (Å²) in [5.41, 5.74) is 1.63. The zero-order valence-corrected chi connectivity index (χ0v) is 23.9. The first-order valence-electron chi connectivity index (χ1n) is 11.5. The molecule has 0 fully saturated rings. The zero-order valence-electron chi connectivity index (χ0n) is 21.5. The maximum absolute atomic E-state index is 13.7. The van der Waals surface area contributed by atoms with Crippen LogP contribution in [0.1, 0.15) is 58.6 Å². The van der Waals surface area contributed by atoms with Crippen molar-refractivity contribution in [1.29, 1.82) is 0 Å². The minimum atomic E-state index is -3.78. The van der Waals surface area contributed by atoms with Crippen molar-refractivity contribution in [2.75, 3.05) is 17.1 Å². The molecule has 0 unspecified atom stereocenters. The molecule has 1 N–H and O–H groups in total. The molecule has 2 rings (SSSR count). The number of nitrogens with one attached hydrogen (secondary N) is 1. The quantitative estimate of drug-likeness (QED) is 0.478. The molecule has 35 heavy (non-hydrogen) atoms. The molecule has 0 aliphatic heterocycles. The Balaban J connectivity index is 2.46. The number of anilines is 1. The second kappa shape index (κ2) is 11.6. The van der Waals surface area contributed by atoms with Crippen LogP contribution in [0.15, 0.2) is 53.0 Å². The van der Waals surface area contributed by atoms with Crippen LogP contribution in [0.3, 0.4) is 0 Å². The largest absolute Gasteiger partial charge is 0.350 e. The van der Waals surface area contributed by atoms with Gasteiger partial charge in [0.05, 0.1) is 11.9 Å². The highest BCUT2D eigenvalue weighted by atomic mass is 79.9. The van der Waals surface area contributed by atoms with E-state index < -0.39 is 34.1 Å². The van der Waals surface area contributed by atoms with Crippen molar-refractivity contribution in [1.82, 2.24) is 10.2 Å². The minimum Gasteiger partial charge on any atom is -0.350 e. The number of benzene rings is 2. The third kappa shape index (κ3) is 8.35. The fourth-order valence-corrected chi connectivity index (χ4v) is 4.77. The van der Waals surface area contributed by atoms with Crippen molar-refractivity contribution in [3.63, 3.8) is 0 Å². The molecule has 9 heteroatoms. The van der Waals surface area contributed by atoms with Gasteiger partial charge in [0.2, 0.25) is 21.8 Å². The molecule has 0 spiro atoms. The van der Waals surface area contributed by atoms with Crippen molar-refractivity contribution >= 4 is 43.5 Å². The Morgan fingerprint density at radius 2 is 1.57 bits per heavy atom. The summed E-state index contributed by atoms with van der Waals surface area (Å²) < 4.78 is 27.7. The second-order valence-electron chi connectivity index (χ2n) is 10.0. The highest BCUT2D eigenvalue weighted by Gasteiger charge is 2.32. The van der Waals surface area contributed by atoms with Crippen molar-refractivity contribution < 1.29 is 18.0 Å². The van der Waals surface area contributed by atoms with Gasteiger partial charge in [-0.25, -0.2) is 8.42 Å². The molecular formula is C26H36BrN3O4S. The maximum atomic E-state index is 13.7. The molecule has 0 saturated heterocycles. The van der Waals surface area contributed by atoms with E-state index in [2.05, 4.69) is 21.2 Å². The SMILES string of the molecule is CC(C)c1ccccc1N(CC(=O)N(Cc1ccc(Br)cc1)[C@@H](C)C(=O)NC(C)(C)C)S(C)(=O)=O. The van der Waals surface area contributed by atoms with Crippen LogP contribution in [-0.4, -0.2) is 49.5 Å². The van der Waals surface area contributed by atoms with Crippen LogP contribution in [0, 0.1) is 0 Å². The Hall–Kier alpha value is -2.39. The second-order valence-corrected chi connectivity index (χ2v) is 12.9. The number of halogens is 1. The van der Waals surface area contributed by atoms with Crippen LogP contribution in [0.2, 0.25) is 0 Å². The van der Waals surface area contributed by atoms with E-state index in [-0.39, 0.29) is 18.4 Å². The van der Waals surface area contributed by atoms with Gasteiger partial charge in [-0.15, -0.1) is 0 Å². The van der Waals surface area contributed by atoms with Gasteiger partial charge in [-0.3, -0.25) is 13.9 Å². The highest BCUT2D eigenvalue weighted by Crippen LogP contribution is 2.29. The third-order valence-electron chi connectivity index (χ3n) is 5.44. The summed E-state index contributed by atoms with van der Waals surface area (Å²) in [6.45, 7) is 11.0. The number of para-hydroxylation sites is 1. The van der Waals surface area contributed by atoms with Crippen LogP contribution in [0.4, 0.5) is 5.69 Å². The van der Waals surface area contributed by atoms with Gasteiger partial charge in [0, 0.05) is 16.6 Å². The van der Waals surface area contributed by atoms with Gasteiger partial charge in [0.15, 0.2) is 0 Å². The average molecular weight is 567 g/mol. The lowest BCUT2D eigenvalue weighted by Crippen LogP contribution is -2.54. The van der Waals surface area contributed by atoms with E-state index in [0.29, 0.717) is 5.69 Å². The maximum Gasteiger partial charge on any atom is 0.244 e. The topological polar surface area (TPSA) is 86.8 Å². The molecular weight excluding hydrogens is 530 g/mol. The van der Waals surface area contributed by atoms with Gasteiger partial charge in [-0.05, 0) is 62.9 Å². The fraction of sp³-hybridized carbons (Fsp3) is 0.462. The van der Waals surface area contributed by atoms with Gasteiger partial charge in [0.25, 0.3) is 0 Å². The Morgan fingerprint density at radius 3 is 2.09 bits per heavy atom. The molecule has 0 heterocycles. The highest BCUT2D eigenvalue weighted by molar-refractivity contribution is 9.10. The Labute approximate surface area is 218 Å². The Bertz CT molecular complexity index is 1140. The fourth-order valence-electron chi connectivity index (χ4n) is 3.64. The van der Waals surface area contributed by atoms with E-state index in [1.54, 1.807) is 19.1 Å². The smallest absolute Gasteiger partial charge is 0.244 e. The van der Waals surface area contributed by atoms with Crippen molar-refractivity contribution in [2.24, 2.45) is 0 Å². The minimum absolute atomic E-state index is 0.0564. The van der Waals surface area contributed by atoms with E-state index in [1.165, 1.54) is 4.90 Å². The first-order valence-corrected chi connectivity index (χ1v) is 14.2. The molecule has 2 aromatic carbocycles. The monoisotopic (exact) mass is 565 g/mol. The number of sulfonamides is 1. The van der Waals surface area contributed by atoms with Crippen LogP contribution in [-0.2, 0) is 26.2 Å². The number of hydrogen-bond donors (Lipinski definition) is 1. The lowest BCUT2D eigenvalue weighted by molar-refractivity contribution is -0.140. The van der Waals surface area contributed by atoms with Crippen molar-refractivity contribution in [2.45, 2.75) is 65.6 Å². The first kappa shape index (κ1) is 28.8. The van der Waals surface area contributed by atoms with Gasteiger partial charge < -0.3 is 10.2 Å². The number of amides is 2. The van der Waals surface area contributed by atoms with Crippen molar-refractivity contribution in [3.05, 3.63) is 64.1 Å². The number of hydrogen-bond acceptors (Lipinski definition) is 4. The van der Waals surface area contributed by atoms with Gasteiger partial charge in [-0.2, -0.15) is 0 Å². The third-order valence-corrected chi connectivity index (χ3v) is 7.09. The summed E-state index contributed by atoms with van der Waals surface area (Å²) in [6, 6.07) is 13.8. The summed E-state index contributed by atoms with van der Waals surface area (Å²) in [5.74, 6) is -0.717. The average Bonchev–Trinajstić information content (AvgIpc) is 2.74. The Kier molecular flexibility index (Phi) is 9.53. The molecule has 2 aromatic rings. The molecule has 192 valence electrons. The van der Waals surface area contributed by atoms with Gasteiger partial charge in [0.1, 0.15) is 12.6 Å². The summed E-state index contributed by atoms with van der Waals surface area (Å²) in [5, 5.41) is 2.92. The Morgan fingerprint density at radius 1 is 1.00 bits per heavy atom. The number of carbonyl (C=O) groups is 2. The predicted octanol–water partition coefficient (Wildman–Crippen LogP) is 4.67. The van der Waals surface area contributed by atoms with Crippen LogP contribution < -0.4 is 9.62 Å². The lowest BCUT2D eigenvalue weighted by Gasteiger charge is -2.33. The van der Waals surface area contributed by atoms with E-state index >= 15 is 0 Å². The molecule has 0 bridgehead atoms. The van der Waals surface area contributed by atoms with Gasteiger partial charge in [-0.1, -0.05) is 60.1 Å². The van der Waals surface area contributed by atoms with Crippen LogP contribution >= 0.6 is 15.9 Å². The first-order chi connectivity index (χ1) is 16.1. The van der Waals surface area contributed by atoms with E-state index in [0.717, 1.165) is 26.2 Å². The predicted molar refractivity (Wildman–Crippen MR) is 145 cm³/mol. The molecule has 7 nitrogen and oxygen atoms in total. The normalized spacial score (nSPS) is 12.8.